The first-order valence-corrected chi connectivity index (χ1v) is 12.0. The van der Waals surface area contributed by atoms with Gasteiger partial charge in [-0.3, -0.25) is 4.79 Å². The lowest BCUT2D eigenvalue weighted by Crippen LogP contribution is -2.40. The average Bonchev–Trinajstić information content (AvgIpc) is 2.77. The molecule has 8 nitrogen and oxygen atoms in total. The van der Waals surface area contributed by atoms with Crippen molar-refractivity contribution in [1.82, 2.24) is 14.6 Å². The van der Waals surface area contributed by atoms with Crippen molar-refractivity contribution in [3.05, 3.63) is 52.1 Å². The van der Waals surface area contributed by atoms with Crippen LogP contribution in [0, 0.1) is 0 Å². The Hall–Kier alpha value is -1.91. The zero-order chi connectivity index (χ0) is 22.3. The minimum atomic E-state index is -3.51. The van der Waals surface area contributed by atoms with Crippen molar-refractivity contribution >= 4 is 45.0 Å². The number of halogens is 2. The second-order valence-corrected chi connectivity index (χ2v) is 9.70. The SMILES string of the molecule is O=C(CCc1ccc(S(=O)(=O)N2CCOCC2)cc1)NCCNc1ncc(Cl)cc1Cl. The summed E-state index contributed by atoms with van der Waals surface area (Å²) in [7, 11) is -3.51. The molecule has 1 aromatic heterocycles. The Morgan fingerprint density at radius 3 is 2.52 bits per heavy atom. The van der Waals surface area contributed by atoms with Gasteiger partial charge in [0.1, 0.15) is 5.82 Å². The molecule has 2 aromatic rings. The molecular formula is C20H24Cl2N4O4S. The number of sulfonamides is 1. The summed E-state index contributed by atoms with van der Waals surface area (Å²) >= 11 is 11.8. The normalized spacial score (nSPS) is 14.9. The number of aromatic nitrogens is 1. The molecule has 0 saturated carbocycles. The number of rotatable bonds is 9. The zero-order valence-corrected chi connectivity index (χ0v) is 19.1. The number of anilines is 1. The van der Waals surface area contributed by atoms with Gasteiger partial charge < -0.3 is 15.4 Å². The number of morpholine rings is 1. The molecule has 2 heterocycles. The van der Waals surface area contributed by atoms with Crippen molar-refractivity contribution in [2.24, 2.45) is 0 Å². The van der Waals surface area contributed by atoms with E-state index in [9.17, 15) is 13.2 Å². The predicted octanol–water partition coefficient (Wildman–Crippen LogP) is 2.57. The number of aryl methyl sites for hydroxylation is 1. The second-order valence-electron chi connectivity index (χ2n) is 6.92. The number of nitrogens with one attached hydrogen (secondary N) is 2. The molecule has 1 aliphatic rings. The second kappa shape index (κ2) is 11.1. The Bertz CT molecular complexity index is 997. The van der Waals surface area contributed by atoms with E-state index in [1.54, 1.807) is 30.3 Å². The molecule has 0 bridgehead atoms. The summed E-state index contributed by atoms with van der Waals surface area (Å²) in [6.07, 6.45) is 2.31. The minimum absolute atomic E-state index is 0.0954. The van der Waals surface area contributed by atoms with E-state index in [0.29, 0.717) is 68.1 Å². The Morgan fingerprint density at radius 2 is 1.84 bits per heavy atom. The van der Waals surface area contributed by atoms with Crippen LogP contribution in [0.25, 0.3) is 0 Å². The largest absolute Gasteiger partial charge is 0.379 e. The Labute approximate surface area is 191 Å². The van der Waals surface area contributed by atoms with E-state index >= 15 is 0 Å². The summed E-state index contributed by atoms with van der Waals surface area (Å²) in [5, 5.41) is 6.72. The van der Waals surface area contributed by atoms with Crippen molar-refractivity contribution in [1.29, 1.82) is 0 Å². The molecule has 0 aliphatic carbocycles. The third-order valence-electron chi connectivity index (χ3n) is 4.72. The van der Waals surface area contributed by atoms with Gasteiger partial charge in [-0.1, -0.05) is 35.3 Å². The number of nitrogens with zero attached hydrogens (tertiary/aromatic N) is 2. The molecular weight excluding hydrogens is 463 g/mol. The molecule has 168 valence electrons. The van der Waals surface area contributed by atoms with E-state index < -0.39 is 10.0 Å². The van der Waals surface area contributed by atoms with Gasteiger partial charge in [0.2, 0.25) is 15.9 Å². The molecule has 3 rings (SSSR count). The van der Waals surface area contributed by atoms with Crippen LogP contribution in [0.2, 0.25) is 10.0 Å². The quantitative estimate of drug-likeness (QED) is 0.528. The molecule has 31 heavy (non-hydrogen) atoms. The number of pyridine rings is 1. The summed E-state index contributed by atoms with van der Waals surface area (Å²) in [6, 6.07) is 8.26. The molecule has 1 aromatic carbocycles. The number of ether oxygens (including phenoxy) is 1. The molecule has 0 unspecified atom stereocenters. The van der Waals surface area contributed by atoms with E-state index in [1.165, 1.54) is 10.5 Å². The summed E-state index contributed by atoms with van der Waals surface area (Å²) < 4.78 is 31.9. The summed E-state index contributed by atoms with van der Waals surface area (Å²) in [4.78, 5) is 16.4. The zero-order valence-electron chi connectivity index (χ0n) is 16.8. The number of hydrogen-bond donors (Lipinski definition) is 2. The molecule has 1 aliphatic heterocycles. The lowest BCUT2D eigenvalue weighted by molar-refractivity contribution is -0.120. The molecule has 0 atom stereocenters. The van der Waals surface area contributed by atoms with Crippen LogP contribution < -0.4 is 10.6 Å². The number of carbonyl (C=O) groups excluding carboxylic acids is 1. The van der Waals surface area contributed by atoms with Gasteiger partial charge in [0.05, 0.1) is 28.2 Å². The first-order chi connectivity index (χ1) is 14.9. The van der Waals surface area contributed by atoms with Crippen molar-refractivity contribution in [3.63, 3.8) is 0 Å². The first-order valence-electron chi connectivity index (χ1n) is 9.85. The van der Waals surface area contributed by atoms with E-state index in [1.807, 2.05) is 0 Å². The first kappa shape index (κ1) is 23.7. The topological polar surface area (TPSA) is 101 Å². The summed E-state index contributed by atoms with van der Waals surface area (Å²) in [6.45, 7) is 2.42. The lowest BCUT2D eigenvalue weighted by Gasteiger charge is -2.26. The maximum absolute atomic E-state index is 12.6. The van der Waals surface area contributed by atoms with Gasteiger partial charge >= 0.3 is 0 Å². The summed E-state index contributed by atoms with van der Waals surface area (Å²) in [5.41, 5.74) is 0.895. The van der Waals surface area contributed by atoms with Crippen molar-refractivity contribution in [2.45, 2.75) is 17.7 Å². The van der Waals surface area contributed by atoms with Crippen molar-refractivity contribution < 1.29 is 17.9 Å². The lowest BCUT2D eigenvalue weighted by atomic mass is 10.1. The van der Waals surface area contributed by atoms with E-state index in [2.05, 4.69) is 15.6 Å². The molecule has 1 saturated heterocycles. The van der Waals surface area contributed by atoms with Crippen LogP contribution in [-0.4, -0.2) is 63.0 Å². The van der Waals surface area contributed by atoms with E-state index in [0.717, 1.165) is 5.56 Å². The van der Waals surface area contributed by atoms with Gasteiger partial charge in [0, 0.05) is 38.8 Å². The number of carbonyl (C=O) groups is 1. The molecule has 0 radical (unpaired) electrons. The Kier molecular flexibility index (Phi) is 8.50. The highest BCUT2D eigenvalue weighted by Crippen LogP contribution is 2.22. The Morgan fingerprint density at radius 1 is 1.13 bits per heavy atom. The van der Waals surface area contributed by atoms with Crippen molar-refractivity contribution in [3.8, 4) is 0 Å². The fraction of sp³-hybridized carbons (Fsp3) is 0.400. The average molecular weight is 487 g/mol. The third-order valence-corrected chi connectivity index (χ3v) is 7.13. The molecule has 0 spiro atoms. The van der Waals surface area contributed by atoms with Crippen LogP contribution in [0.5, 0.6) is 0 Å². The summed E-state index contributed by atoms with van der Waals surface area (Å²) in [5.74, 6) is 0.411. The van der Waals surface area contributed by atoms with Crippen LogP contribution in [0.4, 0.5) is 5.82 Å². The maximum atomic E-state index is 12.6. The van der Waals surface area contributed by atoms with Gasteiger partial charge in [-0.2, -0.15) is 4.31 Å². The number of hydrogen-bond acceptors (Lipinski definition) is 6. The van der Waals surface area contributed by atoms with Gasteiger partial charge in [0.25, 0.3) is 0 Å². The predicted molar refractivity (Wildman–Crippen MR) is 120 cm³/mol. The monoisotopic (exact) mass is 486 g/mol. The van der Waals surface area contributed by atoms with Gasteiger partial charge in [-0.25, -0.2) is 13.4 Å². The maximum Gasteiger partial charge on any atom is 0.243 e. The molecule has 11 heteroatoms. The molecule has 2 N–H and O–H groups in total. The van der Waals surface area contributed by atoms with Crippen LogP contribution in [0.1, 0.15) is 12.0 Å². The van der Waals surface area contributed by atoms with E-state index in [4.69, 9.17) is 27.9 Å². The van der Waals surface area contributed by atoms with Crippen LogP contribution >= 0.6 is 23.2 Å². The van der Waals surface area contributed by atoms with Crippen LogP contribution in [-0.2, 0) is 26.0 Å². The van der Waals surface area contributed by atoms with Crippen LogP contribution in [0.15, 0.2) is 41.4 Å². The fourth-order valence-electron chi connectivity index (χ4n) is 3.04. The molecule has 1 amide bonds. The highest BCUT2D eigenvalue weighted by molar-refractivity contribution is 7.89. The number of benzene rings is 1. The fourth-order valence-corrected chi connectivity index (χ4v) is 4.89. The highest BCUT2D eigenvalue weighted by Gasteiger charge is 2.26. The minimum Gasteiger partial charge on any atom is -0.379 e. The molecule has 1 fully saturated rings. The Balaban J connectivity index is 1.41. The highest BCUT2D eigenvalue weighted by atomic mass is 35.5. The smallest absolute Gasteiger partial charge is 0.243 e. The van der Waals surface area contributed by atoms with Gasteiger partial charge in [0.15, 0.2) is 0 Å². The third kappa shape index (κ3) is 6.78. The number of amides is 1. The van der Waals surface area contributed by atoms with Crippen molar-refractivity contribution in [2.75, 3.05) is 44.7 Å². The van der Waals surface area contributed by atoms with Crippen LogP contribution in [0.3, 0.4) is 0 Å². The van der Waals surface area contributed by atoms with Gasteiger partial charge in [-0.15, -0.1) is 0 Å². The standard InChI is InChI=1S/C20H24Cl2N4O4S/c21-16-13-18(22)20(25-14-16)24-8-7-23-19(27)6-3-15-1-4-17(5-2-15)31(28,29)26-9-11-30-12-10-26/h1-2,4-5,13-14H,3,6-12H2,(H,23,27)(H,24,25). The van der Waals surface area contributed by atoms with E-state index in [-0.39, 0.29) is 10.8 Å². The van der Waals surface area contributed by atoms with Gasteiger partial charge in [-0.05, 0) is 30.2 Å².